The van der Waals surface area contributed by atoms with Crippen LogP contribution in [-0.4, -0.2) is 121 Å². The monoisotopic (exact) mass is 1550 g/mol. The highest BCUT2D eigenvalue weighted by Crippen LogP contribution is 2.36. The molecule has 0 radical (unpaired) electrons. The van der Waals surface area contributed by atoms with E-state index < -0.39 is 30.2 Å². The fourth-order valence-corrected chi connectivity index (χ4v) is 15.0. The molecular formula is C94H121N11O9. The summed E-state index contributed by atoms with van der Waals surface area (Å²) >= 11 is 0. The molecule has 0 saturated carbocycles. The number of aromatic nitrogens is 6. The van der Waals surface area contributed by atoms with E-state index in [4.69, 9.17) is 0 Å². The Morgan fingerprint density at radius 1 is 0.377 bits per heavy atom. The molecule has 9 rings (SSSR count). The van der Waals surface area contributed by atoms with Crippen LogP contribution in [0.3, 0.4) is 0 Å². The first-order valence-electron chi connectivity index (χ1n) is 39.6. The summed E-state index contributed by atoms with van der Waals surface area (Å²) in [7, 11) is 11.7. The molecule has 114 heavy (non-hydrogen) atoms. The van der Waals surface area contributed by atoms with Gasteiger partial charge in [-0.25, -0.2) is 0 Å². The Morgan fingerprint density at radius 2 is 0.711 bits per heavy atom. The highest BCUT2D eigenvalue weighted by molar-refractivity contribution is 5.86. The molecule has 20 nitrogen and oxygen atoms in total. The molecular weight excluding hydrogens is 1430 g/mol. The Hall–Kier alpha value is -10.5. The lowest BCUT2D eigenvalue weighted by Gasteiger charge is -2.26. The van der Waals surface area contributed by atoms with E-state index in [0.717, 1.165) is 100 Å². The van der Waals surface area contributed by atoms with Gasteiger partial charge in [0.05, 0.1) is 18.1 Å². The van der Waals surface area contributed by atoms with Crippen LogP contribution in [0.5, 0.6) is 0 Å². The number of Topliss-reactive ketones (excluding diaryl/α,β-unsaturated/α-hetero) is 4. The van der Waals surface area contributed by atoms with Gasteiger partial charge in [-0.05, 0) is 255 Å². The molecule has 9 aromatic rings. The lowest BCUT2D eigenvalue weighted by molar-refractivity contribution is -0.127. The molecule has 3 aromatic carbocycles. The smallest absolute Gasteiger partial charge is 0.251 e. The normalized spacial score (nSPS) is 13.0. The van der Waals surface area contributed by atoms with E-state index in [1.54, 1.807) is 66.9 Å². The van der Waals surface area contributed by atoms with E-state index in [0.29, 0.717) is 38.9 Å². The van der Waals surface area contributed by atoms with Crippen molar-refractivity contribution in [2.45, 2.75) is 205 Å². The van der Waals surface area contributed by atoms with E-state index in [2.05, 4.69) is 123 Å². The summed E-state index contributed by atoms with van der Waals surface area (Å²) in [6, 6.07) is 31.6. The second kappa shape index (κ2) is 42.5. The van der Waals surface area contributed by atoms with Crippen LogP contribution in [0.1, 0.15) is 210 Å². The largest absolute Gasteiger partial charge is 0.347 e. The lowest BCUT2D eigenvalue weighted by atomic mass is 9.85. The molecule has 0 aliphatic carbocycles. The SMILES string of the molecule is CC(=O)C[C@H](CC(=O)[C@@H](CC(C)C)n1ccc(CN(C)C)cc1=O)c1cncc(-c2c(C)cccc2C)c1.CC(=O)C[C@H](NC(=O)[C@@H](CC(C)C)n1cc(CN(C)C)ccc1=O)c1cncc(-c2c(C)cccc2C)c1.CC(=O)C[C@H](NC(=O)[C@H](CC(C)C)n1cc(CN(C)C)ccc1=O)c1cncc(-c2c(C)cccc2C)c1. The molecule has 6 heterocycles. The van der Waals surface area contributed by atoms with Gasteiger partial charge in [-0.1, -0.05) is 108 Å². The number of nitrogens with one attached hydrogen (secondary N) is 2. The Kier molecular flexibility index (Phi) is 33.8. The minimum atomic E-state index is -0.700. The Morgan fingerprint density at radius 3 is 1.04 bits per heavy atom. The van der Waals surface area contributed by atoms with Gasteiger partial charge in [0.15, 0.2) is 5.78 Å². The van der Waals surface area contributed by atoms with Crippen molar-refractivity contribution in [3.63, 3.8) is 0 Å². The van der Waals surface area contributed by atoms with Crippen molar-refractivity contribution >= 4 is 34.9 Å². The van der Waals surface area contributed by atoms with E-state index in [-0.39, 0.29) is 101 Å². The maximum atomic E-state index is 13.8. The second-order valence-electron chi connectivity index (χ2n) is 33.0. The van der Waals surface area contributed by atoms with Gasteiger partial charge >= 0.3 is 0 Å². The average molecular weight is 1550 g/mol. The van der Waals surface area contributed by atoms with Crippen LogP contribution in [0.25, 0.3) is 33.4 Å². The van der Waals surface area contributed by atoms with Crippen LogP contribution in [0, 0.1) is 59.3 Å². The van der Waals surface area contributed by atoms with Crippen molar-refractivity contribution in [2.24, 2.45) is 17.8 Å². The summed E-state index contributed by atoms with van der Waals surface area (Å²) in [5, 5.41) is 6.19. The number of hydrogen-bond acceptors (Lipinski definition) is 15. The molecule has 6 aromatic heterocycles. The van der Waals surface area contributed by atoms with E-state index >= 15 is 0 Å². The predicted octanol–water partition coefficient (Wildman–Crippen LogP) is 15.9. The highest BCUT2D eigenvalue weighted by Gasteiger charge is 2.32. The summed E-state index contributed by atoms with van der Waals surface area (Å²) in [6.07, 6.45) is 18.1. The van der Waals surface area contributed by atoms with Crippen LogP contribution < -0.4 is 27.3 Å². The molecule has 2 amide bonds. The van der Waals surface area contributed by atoms with Gasteiger partial charge in [0.1, 0.15) is 29.4 Å². The van der Waals surface area contributed by atoms with Gasteiger partial charge in [0.25, 0.3) is 16.7 Å². The number of nitrogens with zero attached hydrogens (tertiary/aromatic N) is 9. The minimum absolute atomic E-state index is 0.0193. The van der Waals surface area contributed by atoms with Crippen molar-refractivity contribution in [3.05, 3.63) is 263 Å². The first-order chi connectivity index (χ1) is 53.9. The fraction of sp³-hybridized carbons (Fsp3) is 0.426. The minimum Gasteiger partial charge on any atom is -0.347 e. The van der Waals surface area contributed by atoms with Crippen LogP contribution in [-0.2, 0) is 48.4 Å². The second-order valence-corrected chi connectivity index (χ2v) is 33.0. The number of carbonyl (C=O) groups is 6. The molecule has 2 N–H and O–H groups in total. The molecule has 0 spiro atoms. The highest BCUT2D eigenvalue weighted by atomic mass is 16.2. The third-order valence-corrected chi connectivity index (χ3v) is 20.0. The van der Waals surface area contributed by atoms with Crippen molar-refractivity contribution in [3.8, 4) is 33.4 Å². The fourth-order valence-electron chi connectivity index (χ4n) is 15.0. The topological polar surface area (TPSA) is 241 Å². The van der Waals surface area contributed by atoms with E-state index in [9.17, 15) is 43.2 Å². The Labute approximate surface area is 674 Å². The third kappa shape index (κ3) is 26.5. The zero-order valence-electron chi connectivity index (χ0n) is 71.1. The Balaban J connectivity index is 0.000000237. The molecule has 0 unspecified atom stereocenters. The van der Waals surface area contributed by atoms with Gasteiger partial charge in [0.2, 0.25) is 11.8 Å². The number of aryl methyl sites for hydroxylation is 6. The molecule has 0 saturated heterocycles. The molecule has 606 valence electrons. The zero-order chi connectivity index (χ0) is 83.9. The Bertz CT molecular complexity index is 4740. The number of carbonyl (C=O) groups excluding carboxylic acids is 6. The number of benzene rings is 3. The van der Waals surface area contributed by atoms with Gasteiger partial charge in [0, 0.05) is 136 Å². The number of rotatable bonds is 34. The molecule has 0 aliphatic heterocycles. The molecule has 20 heteroatoms. The van der Waals surface area contributed by atoms with Gasteiger partial charge in [-0.2, -0.15) is 0 Å². The van der Waals surface area contributed by atoms with Crippen molar-refractivity contribution in [2.75, 3.05) is 42.3 Å². The maximum Gasteiger partial charge on any atom is 0.251 e. The van der Waals surface area contributed by atoms with Crippen LogP contribution in [0.2, 0.25) is 0 Å². The first-order valence-corrected chi connectivity index (χ1v) is 39.6. The number of amides is 2. The van der Waals surface area contributed by atoms with Crippen LogP contribution >= 0.6 is 0 Å². The third-order valence-electron chi connectivity index (χ3n) is 20.0. The molecule has 0 bridgehead atoms. The molecule has 0 aliphatic rings. The van der Waals surface area contributed by atoms with Crippen molar-refractivity contribution < 1.29 is 28.8 Å². The first kappa shape index (κ1) is 90.7. The van der Waals surface area contributed by atoms with Crippen LogP contribution in [0.15, 0.2) is 179 Å². The number of pyridine rings is 6. The standard InChI is InChI=1S/C32H41N3O3.2C31H40N4O3/c1-21(2)13-29(35-12-11-25(15-31(35)38)20-34(6)7)30(37)17-26(14-24(5)36)27-16-28(19-33-18-27)32-22(3)9-8-10-23(32)4;2*1-20(2)13-28(35-19-24(18-34(6)7)11-12-29(35)37)31(38)33-27(14-23(5)36)25-15-26(17-32-16-25)30-21(3)9-8-10-22(30)4/h8-12,15-16,18-19,21,26,29H,13-14,17,20H2,1-7H3;2*8-12,15-17,19-20,27-28H,13-14,18H2,1-7H3,(H,33,38)/t26-,29-;27-,28+;27-,28-/m100/s1. The number of hydrogen-bond donors (Lipinski definition) is 2. The van der Waals surface area contributed by atoms with Crippen molar-refractivity contribution in [1.82, 2.24) is 54.0 Å². The molecule has 0 fully saturated rings. The predicted molar refractivity (Wildman–Crippen MR) is 457 cm³/mol. The lowest BCUT2D eigenvalue weighted by Crippen LogP contribution is -2.40. The number of ketones is 4. The van der Waals surface area contributed by atoms with Crippen LogP contribution in [0.4, 0.5) is 0 Å². The molecule has 6 atom stereocenters. The summed E-state index contributed by atoms with van der Waals surface area (Å²) in [5.41, 5.74) is 17.5. The van der Waals surface area contributed by atoms with E-state index in [1.165, 1.54) is 35.1 Å². The summed E-state index contributed by atoms with van der Waals surface area (Å²) in [4.78, 5) is 136. The summed E-state index contributed by atoms with van der Waals surface area (Å²) < 4.78 is 4.63. The van der Waals surface area contributed by atoms with Crippen molar-refractivity contribution in [1.29, 1.82) is 0 Å². The summed E-state index contributed by atoms with van der Waals surface area (Å²) in [6.45, 7) is 31.1. The maximum absolute atomic E-state index is 13.8. The van der Waals surface area contributed by atoms with Gasteiger partial charge in [-0.3, -0.25) is 53.3 Å². The zero-order valence-corrected chi connectivity index (χ0v) is 71.1. The average Bonchev–Trinajstić information content (AvgIpc) is 0.820. The van der Waals surface area contributed by atoms with E-state index in [1.807, 2.05) is 140 Å². The summed E-state index contributed by atoms with van der Waals surface area (Å²) in [5.74, 6) is -0.413. The van der Waals surface area contributed by atoms with Gasteiger partial charge in [-0.15, -0.1) is 0 Å². The van der Waals surface area contributed by atoms with Gasteiger partial charge < -0.3 is 43.8 Å². The quantitative estimate of drug-likeness (QED) is 0.0381.